The van der Waals surface area contributed by atoms with Crippen molar-refractivity contribution in [3.05, 3.63) is 54.6 Å². The van der Waals surface area contributed by atoms with Crippen molar-refractivity contribution in [3.8, 4) is 5.75 Å². The molecule has 0 N–H and O–H groups in total. The molecule has 24 heavy (non-hydrogen) atoms. The van der Waals surface area contributed by atoms with Gasteiger partial charge >= 0.3 is 0 Å². The number of carbonyl (C=O) groups is 1. The van der Waals surface area contributed by atoms with Gasteiger partial charge in [-0.05, 0) is 36.4 Å². The van der Waals surface area contributed by atoms with E-state index < -0.39 is 0 Å². The molecule has 2 aromatic rings. The number of piperazine rings is 1. The molecule has 0 aromatic heterocycles. The van der Waals surface area contributed by atoms with E-state index in [1.165, 1.54) is 5.69 Å². The van der Waals surface area contributed by atoms with Crippen LogP contribution >= 0.6 is 11.8 Å². The number of thioether (sulfide) groups is 1. The van der Waals surface area contributed by atoms with Crippen molar-refractivity contribution in [1.29, 1.82) is 0 Å². The predicted molar refractivity (Wildman–Crippen MR) is 99.0 cm³/mol. The summed E-state index contributed by atoms with van der Waals surface area (Å²) in [5, 5.41) is 0. The van der Waals surface area contributed by atoms with Crippen molar-refractivity contribution in [3.63, 3.8) is 0 Å². The van der Waals surface area contributed by atoms with Crippen LogP contribution in [0.2, 0.25) is 0 Å². The zero-order valence-electron chi connectivity index (χ0n) is 13.9. The molecule has 4 nitrogen and oxygen atoms in total. The second-order valence-corrected chi connectivity index (χ2v) is 6.72. The van der Waals surface area contributed by atoms with Crippen molar-refractivity contribution >= 4 is 23.4 Å². The topological polar surface area (TPSA) is 32.8 Å². The third-order valence-electron chi connectivity index (χ3n) is 4.18. The molecule has 1 amide bonds. The molecule has 1 aliphatic rings. The Hall–Kier alpha value is -2.14. The van der Waals surface area contributed by atoms with Crippen molar-refractivity contribution in [2.45, 2.75) is 4.90 Å². The van der Waals surface area contributed by atoms with E-state index in [2.05, 4.69) is 29.2 Å². The second-order valence-electron chi connectivity index (χ2n) is 5.67. The fourth-order valence-corrected chi connectivity index (χ4v) is 3.56. The highest BCUT2D eigenvalue weighted by atomic mass is 32.2. The number of carbonyl (C=O) groups excluding carboxylic acids is 1. The molecular weight excluding hydrogens is 320 g/mol. The first-order valence-corrected chi connectivity index (χ1v) is 9.09. The van der Waals surface area contributed by atoms with Gasteiger partial charge in [0.1, 0.15) is 5.75 Å². The fourth-order valence-electron chi connectivity index (χ4n) is 2.76. The van der Waals surface area contributed by atoms with E-state index in [1.807, 2.05) is 35.2 Å². The maximum Gasteiger partial charge on any atom is 0.233 e. The molecule has 0 radical (unpaired) electrons. The molecule has 126 valence electrons. The summed E-state index contributed by atoms with van der Waals surface area (Å²) in [5.74, 6) is 1.53. The third-order valence-corrected chi connectivity index (χ3v) is 5.17. The number of hydrogen-bond donors (Lipinski definition) is 0. The Kier molecular flexibility index (Phi) is 5.64. The Balaban J connectivity index is 1.46. The number of methoxy groups -OCH3 is 1. The number of nitrogens with zero attached hydrogens (tertiary/aromatic N) is 2. The summed E-state index contributed by atoms with van der Waals surface area (Å²) < 4.78 is 5.15. The van der Waals surface area contributed by atoms with Gasteiger partial charge in [0.2, 0.25) is 5.91 Å². The van der Waals surface area contributed by atoms with Gasteiger partial charge in [-0.15, -0.1) is 11.8 Å². The van der Waals surface area contributed by atoms with E-state index in [1.54, 1.807) is 18.9 Å². The van der Waals surface area contributed by atoms with Gasteiger partial charge in [0.15, 0.2) is 0 Å². The SMILES string of the molecule is COc1ccc(SCC(=O)N2CCN(c3ccccc3)CC2)cc1. The summed E-state index contributed by atoms with van der Waals surface area (Å²) in [6.07, 6.45) is 0. The van der Waals surface area contributed by atoms with E-state index in [9.17, 15) is 4.79 Å². The van der Waals surface area contributed by atoms with E-state index >= 15 is 0 Å². The van der Waals surface area contributed by atoms with Gasteiger partial charge in [0.25, 0.3) is 0 Å². The Labute approximate surface area is 147 Å². The maximum atomic E-state index is 12.4. The van der Waals surface area contributed by atoms with Gasteiger partial charge < -0.3 is 14.5 Å². The standard InChI is InChI=1S/C19H22N2O2S/c1-23-17-7-9-18(10-8-17)24-15-19(22)21-13-11-20(12-14-21)16-5-3-2-4-6-16/h2-10H,11-15H2,1H3. The van der Waals surface area contributed by atoms with Crippen LogP contribution in [-0.2, 0) is 4.79 Å². The Bertz CT molecular complexity index is 653. The summed E-state index contributed by atoms with van der Waals surface area (Å²) in [7, 11) is 1.65. The van der Waals surface area contributed by atoms with Crippen LogP contribution in [0.5, 0.6) is 5.75 Å². The normalized spacial score (nSPS) is 14.5. The molecule has 1 saturated heterocycles. The number of hydrogen-bond acceptors (Lipinski definition) is 4. The zero-order chi connectivity index (χ0) is 16.8. The molecule has 3 rings (SSSR count). The van der Waals surface area contributed by atoms with Crippen LogP contribution in [0.4, 0.5) is 5.69 Å². The van der Waals surface area contributed by atoms with E-state index in [0.717, 1.165) is 36.8 Å². The molecule has 0 spiro atoms. The van der Waals surface area contributed by atoms with Crippen LogP contribution in [0.25, 0.3) is 0 Å². The Morgan fingerprint density at radius 3 is 2.29 bits per heavy atom. The lowest BCUT2D eigenvalue weighted by Gasteiger charge is -2.36. The van der Waals surface area contributed by atoms with Crippen LogP contribution in [0.15, 0.2) is 59.5 Å². The molecule has 1 fully saturated rings. The zero-order valence-corrected chi connectivity index (χ0v) is 14.7. The van der Waals surface area contributed by atoms with Crippen LogP contribution in [0.3, 0.4) is 0 Å². The summed E-state index contributed by atoms with van der Waals surface area (Å²) in [4.78, 5) is 17.8. The largest absolute Gasteiger partial charge is 0.497 e. The fraction of sp³-hybridized carbons (Fsp3) is 0.316. The molecule has 2 aromatic carbocycles. The average Bonchev–Trinajstić information content (AvgIpc) is 2.67. The molecule has 0 aliphatic carbocycles. The van der Waals surface area contributed by atoms with Crippen LogP contribution in [0.1, 0.15) is 0 Å². The minimum atomic E-state index is 0.212. The Morgan fingerprint density at radius 1 is 1.00 bits per heavy atom. The number of ether oxygens (including phenoxy) is 1. The predicted octanol–water partition coefficient (Wildman–Crippen LogP) is 3.14. The number of benzene rings is 2. The molecular formula is C19H22N2O2S. The van der Waals surface area contributed by atoms with Crippen LogP contribution in [-0.4, -0.2) is 49.8 Å². The first-order chi connectivity index (χ1) is 11.8. The molecule has 0 atom stereocenters. The third kappa shape index (κ3) is 4.23. The van der Waals surface area contributed by atoms with Crippen molar-refractivity contribution in [2.75, 3.05) is 43.9 Å². The summed E-state index contributed by atoms with van der Waals surface area (Å²) in [5.41, 5.74) is 1.23. The highest BCUT2D eigenvalue weighted by molar-refractivity contribution is 8.00. The summed E-state index contributed by atoms with van der Waals surface area (Å²) in [6.45, 7) is 3.36. The van der Waals surface area contributed by atoms with Gasteiger partial charge in [-0.1, -0.05) is 18.2 Å². The number of rotatable bonds is 5. The molecule has 1 heterocycles. The quantitative estimate of drug-likeness (QED) is 0.782. The highest BCUT2D eigenvalue weighted by Gasteiger charge is 2.21. The van der Waals surface area contributed by atoms with E-state index in [-0.39, 0.29) is 5.91 Å². The van der Waals surface area contributed by atoms with Crippen molar-refractivity contribution < 1.29 is 9.53 Å². The van der Waals surface area contributed by atoms with Gasteiger partial charge in [0, 0.05) is 36.8 Å². The van der Waals surface area contributed by atoms with Crippen LogP contribution in [0, 0.1) is 0 Å². The molecule has 5 heteroatoms. The molecule has 0 unspecified atom stereocenters. The first-order valence-electron chi connectivity index (χ1n) is 8.11. The maximum absolute atomic E-state index is 12.4. The second kappa shape index (κ2) is 8.11. The molecule has 0 saturated carbocycles. The number of amides is 1. The lowest BCUT2D eigenvalue weighted by Crippen LogP contribution is -2.49. The first kappa shape index (κ1) is 16.7. The van der Waals surface area contributed by atoms with Gasteiger partial charge in [0.05, 0.1) is 12.9 Å². The monoisotopic (exact) mass is 342 g/mol. The highest BCUT2D eigenvalue weighted by Crippen LogP contribution is 2.22. The number of anilines is 1. The lowest BCUT2D eigenvalue weighted by molar-refractivity contribution is -0.128. The lowest BCUT2D eigenvalue weighted by atomic mass is 10.2. The molecule has 1 aliphatic heterocycles. The van der Waals surface area contributed by atoms with Gasteiger partial charge in [-0.25, -0.2) is 0 Å². The summed E-state index contributed by atoms with van der Waals surface area (Å²) >= 11 is 1.58. The van der Waals surface area contributed by atoms with Crippen molar-refractivity contribution in [2.24, 2.45) is 0 Å². The Morgan fingerprint density at radius 2 is 1.67 bits per heavy atom. The minimum absolute atomic E-state index is 0.212. The van der Waals surface area contributed by atoms with E-state index in [0.29, 0.717) is 5.75 Å². The number of para-hydroxylation sites is 1. The van der Waals surface area contributed by atoms with E-state index in [4.69, 9.17) is 4.74 Å². The van der Waals surface area contributed by atoms with Crippen LogP contribution < -0.4 is 9.64 Å². The van der Waals surface area contributed by atoms with Crippen molar-refractivity contribution in [1.82, 2.24) is 4.90 Å². The van der Waals surface area contributed by atoms with Gasteiger partial charge in [-0.3, -0.25) is 4.79 Å². The summed E-state index contributed by atoms with van der Waals surface area (Å²) in [6, 6.07) is 18.2. The minimum Gasteiger partial charge on any atom is -0.497 e. The average molecular weight is 342 g/mol. The molecule has 0 bridgehead atoms. The smallest absolute Gasteiger partial charge is 0.233 e. The van der Waals surface area contributed by atoms with Gasteiger partial charge in [-0.2, -0.15) is 0 Å².